The summed E-state index contributed by atoms with van der Waals surface area (Å²) in [6, 6.07) is 23.9. The molecule has 0 spiro atoms. The number of benzene rings is 3. The lowest BCUT2D eigenvalue weighted by Crippen LogP contribution is -2.35. The maximum atomic E-state index is 12.4. The van der Waals surface area contributed by atoms with Gasteiger partial charge in [0.05, 0.1) is 11.0 Å². The number of fused-ring (bicyclic) bond motifs is 1. The van der Waals surface area contributed by atoms with Gasteiger partial charge in [-0.2, -0.15) is 0 Å². The Morgan fingerprint density at radius 1 is 1.00 bits per heavy atom. The summed E-state index contributed by atoms with van der Waals surface area (Å²) in [6.07, 6.45) is 0. The third-order valence-corrected chi connectivity index (χ3v) is 5.64. The van der Waals surface area contributed by atoms with Gasteiger partial charge in [0.15, 0.2) is 11.5 Å². The first-order valence-electron chi connectivity index (χ1n) is 9.70. The Labute approximate surface area is 186 Å². The number of carbonyl (C=O) groups is 1. The van der Waals surface area contributed by atoms with E-state index in [0.717, 1.165) is 28.4 Å². The van der Waals surface area contributed by atoms with E-state index < -0.39 is 5.95 Å². The largest absolute Gasteiger partial charge is 0.538 e. The van der Waals surface area contributed by atoms with Gasteiger partial charge in [-0.05, 0) is 52.8 Å². The van der Waals surface area contributed by atoms with Gasteiger partial charge in [0.25, 0.3) is 5.03 Å². The number of nitrogens with zero attached hydrogens (tertiary/aromatic N) is 3. The quantitative estimate of drug-likeness (QED) is 0.315. The van der Waals surface area contributed by atoms with Crippen LogP contribution in [0.2, 0.25) is 0 Å². The van der Waals surface area contributed by atoms with Crippen molar-refractivity contribution in [1.82, 2.24) is 10.3 Å². The van der Waals surface area contributed by atoms with Gasteiger partial charge in [0, 0.05) is 23.4 Å². The Morgan fingerprint density at radius 3 is 2.53 bits per heavy atom. The van der Waals surface area contributed by atoms with Crippen molar-refractivity contribution in [1.29, 1.82) is 0 Å². The molecule has 0 saturated heterocycles. The third-order valence-electron chi connectivity index (χ3n) is 4.62. The molecule has 2 aromatic heterocycles. The lowest BCUT2D eigenvalue weighted by atomic mass is 10.2. The molecule has 5 aromatic rings. The predicted molar refractivity (Wildman–Crippen MR) is 116 cm³/mol. The number of nitrogens with one attached hydrogen (secondary N) is 1. The van der Waals surface area contributed by atoms with Crippen LogP contribution in [-0.2, 0) is 4.79 Å². The van der Waals surface area contributed by atoms with E-state index in [9.17, 15) is 9.90 Å². The van der Waals surface area contributed by atoms with Crippen LogP contribution in [0.1, 0.15) is 0 Å². The van der Waals surface area contributed by atoms with E-state index in [1.807, 2.05) is 54.6 Å². The topological polar surface area (TPSA) is 108 Å². The first kappa shape index (κ1) is 19.8. The van der Waals surface area contributed by atoms with E-state index >= 15 is 0 Å². The van der Waals surface area contributed by atoms with Crippen molar-refractivity contribution < 1.29 is 23.5 Å². The Balaban J connectivity index is 1.24. The van der Waals surface area contributed by atoms with E-state index in [1.165, 1.54) is 4.68 Å². The molecule has 0 fully saturated rings. The van der Waals surface area contributed by atoms with Gasteiger partial charge in [-0.15, -0.1) is 0 Å². The molecule has 0 aliphatic rings. The fourth-order valence-corrected chi connectivity index (χ4v) is 3.87. The Kier molecular flexibility index (Phi) is 5.30. The minimum Gasteiger partial charge on any atom is -0.538 e. The van der Waals surface area contributed by atoms with E-state index in [1.54, 1.807) is 24.3 Å². The van der Waals surface area contributed by atoms with E-state index in [0.29, 0.717) is 17.3 Å². The highest BCUT2D eigenvalue weighted by Gasteiger charge is 2.22. The Hall–Kier alpha value is -4.11. The molecule has 32 heavy (non-hydrogen) atoms. The van der Waals surface area contributed by atoms with Gasteiger partial charge in [-0.3, -0.25) is 4.79 Å². The number of oxazole rings is 1. The smallest absolute Gasteiger partial charge is 0.298 e. The van der Waals surface area contributed by atoms with Crippen LogP contribution in [0.4, 0.5) is 5.69 Å². The molecule has 158 valence electrons. The average molecular weight is 444 g/mol. The lowest BCUT2D eigenvalue weighted by molar-refractivity contribution is -0.705. The molecule has 1 amide bonds. The van der Waals surface area contributed by atoms with Crippen molar-refractivity contribution in [2.45, 2.75) is 5.03 Å². The van der Waals surface area contributed by atoms with Crippen LogP contribution in [0.5, 0.6) is 5.95 Å². The van der Waals surface area contributed by atoms with Crippen molar-refractivity contribution in [3.8, 4) is 23.1 Å². The molecular formula is C23H16N4O4S. The summed E-state index contributed by atoms with van der Waals surface area (Å²) in [5, 5.41) is 18.8. The van der Waals surface area contributed by atoms with Crippen molar-refractivity contribution in [3.63, 3.8) is 0 Å². The minimum atomic E-state index is -0.589. The summed E-state index contributed by atoms with van der Waals surface area (Å²) in [5.41, 5.74) is 3.61. The van der Waals surface area contributed by atoms with Gasteiger partial charge < -0.3 is 19.4 Å². The molecule has 3 aromatic carbocycles. The van der Waals surface area contributed by atoms with Crippen LogP contribution in [-0.4, -0.2) is 21.9 Å². The SMILES string of the molecule is O=C(CSc1c([O-])on[n+]1-c1ccccc1)Nc1ccc(-c2nc3ccccc3o2)cc1. The van der Waals surface area contributed by atoms with Gasteiger partial charge >= 0.3 is 0 Å². The zero-order valence-electron chi connectivity index (χ0n) is 16.6. The number of hydrogen-bond acceptors (Lipinski definition) is 7. The fraction of sp³-hybridized carbons (Fsp3) is 0.0435. The first-order valence-corrected chi connectivity index (χ1v) is 10.7. The zero-order valence-corrected chi connectivity index (χ0v) is 17.4. The number of carbonyl (C=O) groups excluding carboxylic acids is 1. The average Bonchev–Trinajstić information content (AvgIpc) is 3.42. The van der Waals surface area contributed by atoms with E-state index in [2.05, 4.69) is 15.6 Å². The second-order valence-electron chi connectivity index (χ2n) is 6.81. The summed E-state index contributed by atoms with van der Waals surface area (Å²) in [5.74, 6) is -0.310. The standard InChI is InChI=1S/C23H16N4O4S/c28-20(14-32-22-23(29)31-26-27(22)17-6-2-1-3-7-17)24-16-12-10-15(11-13-16)21-25-18-8-4-5-9-19(18)30-21/h1-13H,14H2,(H-,24,25,26,28,29). The van der Waals surface area contributed by atoms with Gasteiger partial charge in [-0.25, -0.2) is 4.98 Å². The van der Waals surface area contributed by atoms with Crippen LogP contribution in [0.15, 0.2) is 92.8 Å². The third kappa shape index (κ3) is 4.06. The number of para-hydroxylation sites is 3. The number of amides is 1. The number of thioether (sulfide) groups is 1. The highest BCUT2D eigenvalue weighted by Crippen LogP contribution is 2.26. The maximum absolute atomic E-state index is 12.4. The van der Waals surface area contributed by atoms with Crippen LogP contribution in [0.25, 0.3) is 28.2 Å². The molecule has 0 radical (unpaired) electrons. The normalized spacial score (nSPS) is 11.0. The molecule has 0 bridgehead atoms. The number of rotatable bonds is 6. The van der Waals surface area contributed by atoms with Crippen LogP contribution in [0, 0.1) is 0 Å². The molecule has 0 aliphatic carbocycles. The highest BCUT2D eigenvalue weighted by atomic mass is 32.2. The number of aromatic nitrogens is 3. The van der Waals surface area contributed by atoms with Crippen molar-refractivity contribution in [2.24, 2.45) is 0 Å². The lowest BCUT2D eigenvalue weighted by Gasteiger charge is -2.05. The summed E-state index contributed by atoms with van der Waals surface area (Å²) >= 11 is 1.06. The maximum Gasteiger partial charge on any atom is 0.298 e. The molecular weight excluding hydrogens is 428 g/mol. The highest BCUT2D eigenvalue weighted by molar-refractivity contribution is 7.99. The molecule has 0 saturated carbocycles. The molecule has 1 N–H and O–H groups in total. The zero-order chi connectivity index (χ0) is 21.9. The Morgan fingerprint density at radius 2 is 1.75 bits per heavy atom. The number of anilines is 1. The molecule has 0 unspecified atom stereocenters. The minimum absolute atomic E-state index is 0.0240. The van der Waals surface area contributed by atoms with Crippen LogP contribution < -0.4 is 15.1 Å². The van der Waals surface area contributed by atoms with Gasteiger partial charge in [-0.1, -0.05) is 30.3 Å². The molecule has 0 aliphatic heterocycles. The van der Waals surface area contributed by atoms with E-state index in [4.69, 9.17) is 8.94 Å². The molecule has 8 nitrogen and oxygen atoms in total. The van der Waals surface area contributed by atoms with Crippen LogP contribution >= 0.6 is 11.8 Å². The Bertz CT molecular complexity index is 1350. The fourth-order valence-electron chi connectivity index (χ4n) is 3.12. The van der Waals surface area contributed by atoms with Crippen molar-refractivity contribution in [3.05, 3.63) is 78.9 Å². The summed E-state index contributed by atoms with van der Waals surface area (Å²) in [7, 11) is 0. The monoisotopic (exact) mass is 444 g/mol. The molecule has 0 atom stereocenters. The van der Waals surface area contributed by atoms with Crippen molar-refractivity contribution in [2.75, 3.05) is 11.1 Å². The second-order valence-corrected chi connectivity index (χ2v) is 7.78. The second kappa shape index (κ2) is 8.56. The van der Waals surface area contributed by atoms with Gasteiger partial charge in [0.1, 0.15) is 5.52 Å². The summed E-state index contributed by atoms with van der Waals surface area (Å²) in [6.45, 7) is 0. The number of hydrogen-bond donors (Lipinski definition) is 1. The molecule has 5 rings (SSSR count). The summed E-state index contributed by atoms with van der Waals surface area (Å²) in [4.78, 5) is 16.9. The van der Waals surface area contributed by atoms with E-state index in [-0.39, 0.29) is 16.7 Å². The van der Waals surface area contributed by atoms with Crippen molar-refractivity contribution >= 4 is 34.5 Å². The van der Waals surface area contributed by atoms with Crippen LogP contribution in [0.3, 0.4) is 0 Å². The summed E-state index contributed by atoms with van der Waals surface area (Å²) < 4.78 is 11.9. The predicted octanol–water partition coefficient (Wildman–Crippen LogP) is 3.56. The first-order chi connectivity index (χ1) is 15.7. The molecule has 9 heteroatoms. The van der Waals surface area contributed by atoms with Gasteiger partial charge in [0.2, 0.25) is 17.5 Å². The molecule has 2 heterocycles.